The molecular formula is C38H39N5O7. The highest BCUT2D eigenvalue weighted by molar-refractivity contribution is 6.11. The van der Waals surface area contributed by atoms with Crippen LogP contribution in [0.15, 0.2) is 67.0 Å². The predicted molar refractivity (Wildman–Crippen MR) is 184 cm³/mol. The number of nitrogens with zero attached hydrogens (tertiary/aromatic N) is 2. The van der Waals surface area contributed by atoms with E-state index in [1.807, 2.05) is 18.2 Å². The number of nitrogens with one attached hydrogen (secondary N) is 3. The van der Waals surface area contributed by atoms with Gasteiger partial charge in [-0.05, 0) is 97.6 Å². The molecule has 12 heteroatoms. The average Bonchev–Trinajstić information content (AvgIpc) is 3.56. The van der Waals surface area contributed by atoms with Crippen LogP contribution >= 0.6 is 0 Å². The molecule has 1 aromatic heterocycles. The molecule has 1 atom stereocenters. The molecule has 4 bridgehead atoms. The van der Waals surface area contributed by atoms with Crippen molar-refractivity contribution >= 4 is 46.4 Å². The summed E-state index contributed by atoms with van der Waals surface area (Å²) in [6, 6.07) is 14.4. The molecule has 0 spiro atoms. The Morgan fingerprint density at radius 3 is 2.10 bits per heavy atom. The summed E-state index contributed by atoms with van der Waals surface area (Å²) in [6.45, 7) is 0.546. The number of aromatic carboxylic acids is 2. The Bertz CT molecular complexity index is 1940. The number of rotatable bonds is 11. The van der Waals surface area contributed by atoms with Crippen LogP contribution in [0.4, 0.5) is 5.69 Å². The first kappa shape index (κ1) is 33.0. The molecular weight excluding hydrogens is 638 g/mol. The van der Waals surface area contributed by atoms with E-state index >= 15 is 0 Å². The maximum absolute atomic E-state index is 14.4. The SMILES string of the molecule is CN(C(=O)c1cc2[nH]cnc2cc1C(=O)NCC12CC3CC(CC(C3)C1)C2)[C@@H](Cc1ccccc1)C(=O)Nc1cc(C(=O)O)cc(C(=O)O)c1. The van der Waals surface area contributed by atoms with Crippen molar-refractivity contribution in [2.45, 2.75) is 51.0 Å². The van der Waals surface area contributed by atoms with Gasteiger partial charge in [-0.25, -0.2) is 14.6 Å². The second kappa shape index (κ2) is 13.1. The Morgan fingerprint density at radius 1 is 0.880 bits per heavy atom. The maximum Gasteiger partial charge on any atom is 0.335 e. The number of carbonyl (C=O) groups excluding carboxylic acids is 3. The van der Waals surface area contributed by atoms with Gasteiger partial charge in [-0.2, -0.15) is 0 Å². The third-order valence-corrected chi connectivity index (χ3v) is 10.9. The molecule has 12 nitrogen and oxygen atoms in total. The first-order chi connectivity index (χ1) is 24.0. The van der Waals surface area contributed by atoms with Gasteiger partial charge in [0, 0.05) is 25.7 Å². The first-order valence-corrected chi connectivity index (χ1v) is 17.0. The van der Waals surface area contributed by atoms with Gasteiger partial charge in [0.15, 0.2) is 0 Å². The van der Waals surface area contributed by atoms with Gasteiger partial charge < -0.3 is 30.7 Å². The van der Waals surface area contributed by atoms with Crippen molar-refractivity contribution in [3.8, 4) is 0 Å². The van der Waals surface area contributed by atoms with Crippen LogP contribution in [0.3, 0.4) is 0 Å². The van der Waals surface area contributed by atoms with E-state index in [1.165, 1.54) is 37.5 Å². The number of H-pyrrole nitrogens is 1. The monoisotopic (exact) mass is 677 g/mol. The highest BCUT2D eigenvalue weighted by Crippen LogP contribution is 2.59. The summed E-state index contributed by atoms with van der Waals surface area (Å²) < 4.78 is 0. The van der Waals surface area contributed by atoms with E-state index in [2.05, 4.69) is 20.6 Å². The lowest BCUT2D eigenvalue weighted by atomic mass is 9.49. The molecule has 5 N–H and O–H groups in total. The number of anilines is 1. The number of aromatic nitrogens is 2. The zero-order chi connectivity index (χ0) is 35.2. The largest absolute Gasteiger partial charge is 0.478 e. The fourth-order valence-corrected chi connectivity index (χ4v) is 8.96. The van der Waals surface area contributed by atoms with Gasteiger partial charge >= 0.3 is 11.9 Å². The van der Waals surface area contributed by atoms with E-state index in [9.17, 15) is 34.2 Å². The minimum absolute atomic E-state index is 0.0465. The molecule has 0 radical (unpaired) electrons. The van der Waals surface area contributed by atoms with Crippen LogP contribution in [-0.2, 0) is 11.2 Å². The van der Waals surface area contributed by atoms with E-state index in [4.69, 9.17) is 0 Å². The number of carboxylic acid groups (broad SMARTS) is 2. The lowest BCUT2D eigenvalue weighted by Crippen LogP contribution is -2.51. The van der Waals surface area contributed by atoms with Crippen molar-refractivity contribution in [1.82, 2.24) is 20.2 Å². The molecule has 4 fully saturated rings. The summed E-state index contributed by atoms with van der Waals surface area (Å²) in [5.74, 6) is -2.18. The number of imidazole rings is 1. The molecule has 4 saturated carbocycles. The van der Waals surface area contributed by atoms with Crippen LogP contribution < -0.4 is 10.6 Å². The van der Waals surface area contributed by atoms with Crippen molar-refractivity contribution < 1.29 is 34.2 Å². The van der Waals surface area contributed by atoms with Gasteiger partial charge in [-0.3, -0.25) is 14.4 Å². The van der Waals surface area contributed by atoms with E-state index in [0.29, 0.717) is 17.6 Å². The molecule has 0 unspecified atom stereocenters. The molecule has 3 aromatic carbocycles. The summed E-state index contributed by atoms with van der Waals surface area (Å²) in [5, 5.41) is 24.9. The molecule has 0 aliphatic heterocycles. The molecule has 0 saturated heterocycles. The number of hydrogen-bond donors (Lipinski definition) is 5. The Kier molecular flexibility index (Phi) is 8.63. The standard InChI is InChI=1S/C38H39N5O7/c1-43(32(10-21-5-3-2-4-6-21)34(45)42-27-12-25(36(47)48)11-26(13-27)37(49)50)35(46)29-15-31-30(40-20-41-31)14-28(29)33(44)39-19-38-16-22-7-23(17-38)9-24(8-22)18-38/h2-6,11-15,20,22-24,32H,7-10,16-19H2,1H3,(H,39,44)(H,40,41)(H,42,45)(H,47,48)(H,49,50)/t22?,23?,24?,32-,38?/m0/s1. The van der Waals surface area contributed by atoms with Crippen LogP contribution in [0.2, 0.25) is 0 Å². The van der Waals surface area contributed by atoms with Crippen molar-refractivity contribution in [2.24, 2.45) is 23.2 Å². The van der Waals surface area contributed by atoms with Gasteiger partial charge in [0.2, 0.25) is 5.91 Å². The number of fused-ring (bicyclic) bond motifs is 1. The summed E-state index contributed by atoms with van der Waals surface area (Å²) in [7, 11) is 1.47. The smallest absolute Gasteiger partial charge is 0.335 e. The first-order valence-electron chi connectivity index (χ1n) is 17.0. The number of carboxylic acids is 2. The van der Waals surface area contributed by atoms with Crippen LogP contribution in [-0.4, -0.2) is 74.4 Å². The lowest BCUT2D eigenvalue weighted by molar-refractivity contribution is -0.120. The second-order valence-electron chi connectivity index (χ2n) is 14.4. The van der Waals surface area contributed by atoms with Crippen LogP contribution in [0.5, 0.6) is 0 Å². The Labute approximate surface area is 288 Å². The molecule has 50 heavy (non-hydrogen) atoms. The van der Waals surface area contributed by atoms with Crippen LogP contribution in [0, 0.1) is 23.2 Å². The minimum atomic E-state index is -1.36. The minimum Gasteiger partial charge on any atom is -0.478 e. The normalized spacial score (nSPS) is 22.5. The van der Waals surface area contributed by atoms with Crippen molar-refractivity contribution in [2.75, 3.05) is 18.9 Å². The van der Waals surface area contributed by atoms with Gasteiger partial charge in [-0.1, -0.05) is 30.3 Å². The molecule has 4 aliphatic carbocycles. The quantitative estimate of drug-likeness (QED) is 0.143. The predicted octanol–water partition coefficient (Wildman–Crippen LogP) is 5.23. The number of carbonyl (C=O) groups is 5. The second-order valence-corrected chi connectivity index (χ2v) is 14.4. The molecule has 1 heterocycles. The number of likely N-dealkylation sites (N-methyl/N-ethyl adjacent to an activating group) is 1. The Morgan fingerprint density at radius 2 is 1.50 bits per heavy atom. The van der Waals surface area contributed by atoms with Crippen LogP contribution in [0.25, 0.3) is 11.0 Å². The molecule has 4 aliphatic rings. The van der Waals surface area contributed by atoms with Crippen molar-refractivity contribution in [3.63, 3.8) is 0 Å². The Balaban J connectivity index is 1.18. The van der Waals surface area contributed by atoms with E-state index in [1.54, 1.807) is 24.3 Å². The summed E-state index contributed by atoms with van der Waals surface area (Å²) in [5.41, 5.74) is 1.47. The summed E-state index contributed by atoms with van der Waals surface area (Å²) >= 11 is 0. The summed E-state index contributed by atoms with van der Waals surface area (Å²) in [6.07, 6.45) is 8.79. The van der Waals surface area contributed by atoms with E-state index < -0.39 is 29.8 Å². The third-order valence-electron chi connectivity index (χ3n) is 10.9. The molecule has 4 aromatic rings. The van der Waals surface area contributed by atoms with Crippen molar-refractivity contribution in [1.29, 1.82) is 0 Å². The third kappa shape index (κ3) is 6.57. The van der Waals surface area contributed by atoms with E-state index in [-0.39, 0.29) is 45.7 Å². The summed E-state index contributed by atoms with van der Waals surface area (Å²) in [4.78, 5) is 74.3. The van der Waals surface area contributed by atoms with E-state index in [0.717, 1.165) is 60.8 Å². The Hall–Kier alpha value is -5.52. The number of benzene rings is 3. The number of aromatic amines is 1. The van der Waals surface area contributed by atoms with Gasteiger partial charge in [0.05, 0.1) is 39.6 Å². The average molecular weight is 678 g/mol. The zero-order valence-electron chi connectivity index (χ0n) is 27.6. The molecule has 3 amide bonds. The lowest BCUT2D eigenvalue weighted by Gasteiger charge is -2.56. The number of amides is 3. The van der Waals surface area contributed by atoms with Crippen molar-refractivity contribution in [3.05, 3.63) is 94.8 Å². The van der Waals surface area contributed by atoms with Gasteiger partial charge in [0.1, 0.15) is 6.04 Å². The number of hydrogen-bond acceptors (Lipinski definition) is 6. The van der Waals surface area contributed by atoms with Gasteiger partial charge in [-0.15, -0.1) is 0 Å². The molecule has 258 valence electrons. The van der Waals surface area contributed by atoms with Gasteiger partial charge in [0.25, 0.3) is 11.8 Å². The topological polar surface area (TPSA) is 182 Å². The fraction of sp³-hybridized carbons (Fsp3) is 0.368. The molecule has 8 rings (SSSR count). The maximum atomic E-state index is 14.4. The highest BCUT2D eigenvalue weighted by Gasteiger charge is 2.50. The zero-order valence-corrected chi connectivity index (χ0v) is 27.6. The van der Waals surface area contributed by atoms with Crippen LogP contribution in [0.1, 0.15) is 85.5 Å². The highest BCUT2D eigenvalue weighted by atomic mass is 16.4. The fourth-order valence-electron chi connectivity index (χ4n) is 8.96.